The molecule has 3 atom stereocenters. The summed E-state index contributed by atoms with van der Waals surface area (Å²) < 4.78 is 22.0. The molecule has 1 aliphatic heterocycles. The van der Waals surface area contributed by atoms with Crippen molar-refractivity contribution in [2.24, 2.45) is 5.92 Å². The van der Waals surface area contributed by atoms with Gasteiger partial charge in [-0.2, -0.15) is 0 Å². The molecule has 0 unspecified atom stereocenters. The van der Waals surface area contributed by atoms with Crippen LogP contribution in [0.25, 0.3) is 0 Å². The fraction of sp³-hybridized carbons (Fsp3) is 0.367. The van der Waals surface area contributed by atoms with Gasteiger partial charge in [-0.25, -0.2) is 4.79 Å². The highest BCUT2D eigenvalue weighted by molar-refractivity contribution is 6.13. The molecule has 1 aliphatic carbocycles. The number of carbonyl (C=O) groups is 3. The highest BCUT2D eigenvalue weighted by Crippen LogP contribution is 2.50. The maximum Gasteiger partial charge on any atom is 0.336 e. The van der Waals surface area contributed by atoms with E-state index in [1.807, 2.05) is 42.5 Å². The number of carbonyl (C=O) groups excluding carboxylic acids is 3. The molecule has 0 spiro atoms. The number of dihydropyridines is 1. The van der Waals surface area contributed by atoms with Gasteiger partial charge in [-0.3, -0.25) is 9.59 Å². The predicted molar refractivity (Wildman–Crippen MR) is 141 cm³/mol. The van der Waals surface area contributed by atoms with Crippen LogP contribution in [0.5, 0.6) is 11.5 Å². The summed E-state index contributed by atoms with van der Waals surface area (Å²) in [4.78, 5) is 41.0. The van der Waals surface area contributed by atoms with Gasteiger partial charge in [0.1, 0.15) is 17.4 Å². The minimum atomic E-state index is -1.12. The van der Waals surface area contributed by atoms with Gasteiger partial charge < -0.3 is 24.3 Å². The second-order valence-electron chi connectivity index (χ2n) is 9.10. The molecule has 2 aromatic carbocycles. The van der Waals surface area contributed by atoms with Crippen LogP contribution in [0.2, 0.25) is 0 Å². The number of hydrogen-bond acceptors (Lipinski definition) is 8. The van der Waals surface area contributed by atoms with Gasteiger partial charge in [-0.05, 0) is 44.9 Å². The minimum absolute atomic E-state index is 0.133. The van der Waals surface area contributed by atoms with E-state index < -0.39 is 35.5 Å². The monoisotopic (exact) mass is 519 g/mol. The summed E-state index contributed by atoms with van der Waals surface area (Å²) in [5, 5.41) is 3.31. The molecule has 200 valence electrons. The van der Waals surface area contributed by atoms with Crippen LogP contribution in [-0.4, -0.2) is 45.2 Å². The number of para-hydroxylation sites is 2. The van der Waals surface area contributed by atoms with Crippen LogP contribution in [0.3, 0.4) is 0 Å². The Hall–Kier alpha value is -4.07. The Morgan fingerprint density at radius 3 is 2.08 bits per heavy atom. The summed E-state index contributed by atoms with van der Waals surface area (Å²) in [6, 6.07) is 14.6. The number of Topliss-reactive ketones (excluding diaryl/α,β-unsaturated/α-hetero) is 1. The van der Waals surface area contributed by atoms with Gasteiger partial charge in [0, 0.05) is 28.4 Å². The van der Waals surface area contributed by atoms with Crippen LogP contribution in [0, 0.1) is 5.92 Å². The number of ether oxygens (including phenoxy) is 4. The van der Waals surface area contributed by atoms with Crippen molar-refractivity contribution >= 4 is 17.7 Å². The highest BCUT2D eigenvalue weighted by atomic mass is 16.5. The normalized spacial score (nSPS) is 20.9. The highest BCUT2D eigenvalue weighted by Gasteiger charge is 2.50. The summed E-state index contributed by atoms with van der Waals surface area (Å²) in [6.07, 6.45) is 0.337. The zero-order valence-corrected chi connectivity index (χ0v) is 22.3. The predicted octanol–water partition coefficient (Wildman–Crippen LogP) is 4.42. The van der Waals surface area contributed by atoms with E-state index >= 15 is 0 Å². The van der Waals surface area contributed by atoms with Gasteiger partial charge >= 0.3 is 11.9 Å². The lowest BCUT2D eigenvalue weighted by atomic mass is 9.67. The first-order valence-electron chi connectivity index (χ1n) is 12.7. The number of benzene rings is 2. The summed E-state index contributed by atoms with van der Waals surface area (Å²) in [6.45, 7) is 5.54. The Labute approximate surface area is 222 Å². The summed E-state index contributed by atoms with van der Waals surface area (Å²) in [5.74, 6) is -2.88. The number of methoxy groups -OCH3 is 2. The summed E-state index contributed by atoms with van der Waals surface area (Å²) in [5.41, 5.74) is 3.25. The molecule has 38 heavy (non-hydrogen) atoms. The van der Waals surface area contributed by atoms with Crippen molar-refractivity contribution in [3.05, 3.63) is 82.2 Å². The number of rotatable bonds is 8. The van der Waals surface area contributed by atoms with Crippen molar-refractivity contribution in [2.75, 3.05) is 27.4 Å². The first kappa shape index (κ1) is 27.0. The molecule has 1 N–H and O–H groups in total. The number of allylic oxidation sites excluding steroid dienone is 3. The second kappa shape index (κ2) is 11.5. The Morgan fingerprint density at radius 1 is 0.895 bits per heavy atom. The van der Waals surface area contributed by atoms with E-state index in [2.05, 4.69) is 5.32 Å². The van der Waals surface area contributed by atoms with E-state index in [9.17, 15) is 14.4 Å². The van der Waals surface area contributed by atoms with E-state index in [-0.39, 0.29) is 13.2 Å². The van der Waals surface area contributed by atoms with E-state index in [4.69, 9.17) is 18.9 Å². The number of ketones is 1. The average molecular weight is 520 g/mol. The maximum absolute atomic E-state index is 14.4. The Balaban J connectivity index is 1.95. The lowest BCUT2D eigenvalue weighted by Crippen LogP contribution is -2.43. The lowest BCUT2D eigenvalue weighted by Gasteiger charge is -2.39. The molecule has 0 radical (unpaired) electrons. The maximum atomic E-state index is 14.4. The van der Waals surface area contributed by atoms with Crippen LogP contribution in [0.1, 0.15) is 50.2 Å². The standard InChI is InChI=1S/C30H33NO7/c1-6-37-29(33)24-17(3)31-21-16-20(18-12-8-10-14-22(18)35-4)26(30(34)38-7-2)28(32)27(21)25(24)19-13-9-11-15-23(19)36-5/h8-15,20,25-26,31H,6-7,16H2,1-5H3/t20-,25-,26-/m1/s1. The first-order valence-corrected chi connectivity index (χ1v) is 12.7. The number of hydrogen-bond donors (Lipinski definition) is 1. The topological polar surface area (TPSA) is 100 Å². The lowest BCUT2D eigenvalue weighted by molar-refractivity contribution is -0.152. The first-order chi connectivity index (χ1) is 18.4. The second-order valence-corrected chi connectivity index (χ2v) is 9.10. The molecule has 0 amide bonds. The zero-order chi connectivity index (χ0) is 27.4. The molecule has 4 rings (SSSR count). The Bertz CT molecular complexity index is 1310. The van der Waals surface area contributed by atoms with Crippen molar-refractivity contribution in [1.82, 2.24) is 5.32 Å². The summed E-state index contributed by atoms with van der Waals surface area (Å²) >= 11 is 0. The van der Waals surface area contributed by atoms with E-state index in [0.717, 1.165) is 5.56 Å². The largest absolute Gasteiger partial charge is 0.496 e. The molecule has 2 aromatic rings. The SMILES string of the molecule is CCOC(=O)C1=C(C)NC2=C(C(=O)[C@H](C(=O)OCC)[C@@H](c3ccccc3OC)C2)[C@@H]1c1ccccc1OC. The van der Waals surface area contributed by atoms with Gasteiger partial charge in [0.2, 0.25) is 0 Å². The third-order valence-corrected chi connectivity index (χ3v) is 7.04. The number of esters is 2. The fourth-order valence-corrected chi connectivity index (χ4v) is 5.50. The Kier molecular flexibility index (Phi) is 8.20. The van der Waals surface area contributed by atoms with Crippen LogP contribution >= 0.6 is 0 Å². The van der Waals surface area contributed by atoms with Crippen molar-refractivity contribution in [3.8, 4) is 11.5 Å². The molecule has 8 nitrogen and oxygen atoms in total. The molecule has 0 bridgehead atoms. The molecule has 2 aliphatic rings. The van der Waals surface area contributed by atoms with Gasteiger partial charge in [0.15, 0.2) is 5.78 Å². The minimum Gasteiger partial charge on any atom is -0.496 e. The van der Waals surface area contributed by atoms with Crippen molar-refractivity contribution < 1.29 is 33.3 Å². The van der Waals surface area contributed by atoms with Gasteiger partial charge in [0.25, 0.3) is 0 Å². The van der Waals surface area contributed by atoms with Crippen molar-refractivity contribution in [1.29, 1.82) is 0 Å². The summed E-state index contributed by atoms with van der Waals surface area (Å²) in [7, 11) is 3.10. The zero-order valence-electron chi connectivity index (χ0n) is 22.3. The van der Waals surface area contributed by atoms with Crippen LogP contribution in [0.15, 0.2) is 71.1 Å². The van der Waals surface area contributed by atoms with E-state index in [1.165, 1.54) is 7.11 Å². The third-order valence-electron chi connectivity index (χ3n) is 7.04. The van der Waals surface area contributed by atoms with E-state index in [1.54, 1.807) is 33.9 Å². The van der Waals surface area contributed by atoms with Crippen LogP contribution < -0.4 is 14.8 Å². The van der Waals surface area contributed by atoms with Crippen LogP contribution in [0.4, 0.5) is 0 Å². The van der Waals surface area contributed by atoms with Gasteiger partial charge in [-0.1, -0.05) is 36.4 Å². The molecule has 0 saturated heterocycles. The molecule has 8 heteroatoms. The van der Waals surface area contributed by atoms with Crippen molar-refractivity contribution in [3.63, 3.8) is 0 Å². The molecule has 1 heterocycles. The molecule has 0 saturated carbocycles. The van der Waals surface area contributed by atoms with Gasteiger partial charge in [0.05, 0.1) is 38.9 Å². The molecule has 0 fully saturated rings. The third kappa shape index (κ3) is 4.78. The van der Waals surface area contributed by atoms with Crippen LogP contribution in [-0.2, 0) is 23.9 Å². The number of nitrogens with one attached hydrogen (secondary N) is 1. The fourth-order valence-electron chi connectivity index (χ4n) is 5.50. The van der Waals surface area contributed by atoms with E-state index in [0.29, 0.717) is 46.0 Å². The van der Waals surface area contributed by atoms with Crippen molar-refractivity contribution in [2.45, 2.75) is 39.0 Å². The Morgan fingerprint density at radius 2 is 1.47 bits per heavy atom. The average Bonchev–Trinajstić information content (AvgIpc) is 2.92. The van der Waals surface area contributed by atoms with Gasteiger partial charge in [-0.15, -0.1) is 0 Å². The smallest absolute Gasteiger partial charge is 0.336 e. The molecular formula is C30H33NO7. The quantitative estimate of drug-likeness (QED) is 0.404. The molecule has 0 aromatic heterocycles. The molecular weight excluding hydrogens is 486 g/mol.